The summed E-state index contributed by atoms with van der Waals surface area (Å²) in [4.78, 5) is 8.70. The van der Waals surface area contributed by atoms with Gasteiger partial charge in [-0.25, -0.2) is 4.98 Å². The Kier molecular flexibility index (Phi) is 5.76. The van der Waals surface area contributed by atoms with Gasteiger partial charge in [0.25, 0.3) is 0 Å². The molecule has 0 radical (unpaired) electrons. The van der Waals surface area contributed by atoms with Crippen molar-refractivity contribution >= 4 is 29.1 Å². The second-order valence-corrected chi connectivity index (χ2v) is 5.81. The first-order valence-corrected chi connectivity index (χ1v) is 8.37. The molecule has 0 spiro atoms. The topological polar surface area (TPSA) is 68.3 Å². The maximum Gasteiger partial charge on any atom is 0.229 e. The van der Waals surface area contributed by atoms with Crippen LogP contribution in [0.4, 0.5) is 17.5 Å². The van der Waals surface area contributed by atoms with Crippen LogP contribution in [-0.4, -0.2) is 24.2 Å². The highest BCUT2D eigenvalue weighted by Crippen LogP contribution is 2.28. The van der Waals surface area contributed by atoms with Crippen molar-refractivity contribution in [2.45, 2.75) is 6.54 Å². The lowest BCUT2D eigenvalue weighted by Crippen LogP contribution is -2.05. The summed E-state index contributed by atoms with van der Waals surface area (Å²) in [6, 6.07) is 15.1. The van der Waals surface area contributed by atoms with Crippen molar-refractivity contribution in [3.8, 4) is 11.5 Å². The van der Waals surface area contributed by atoms with Gasteiger partial charge in [-0.3, -0.25) is 0 Å². The van der Waals surface area contributed by atoms with E-state index in [4.69, 9.17) is 21.1 Å². The Balaban J connectivity index is 1.69. The first kappa shape index (κ1) is 17.8. The lowest BCUT2D eigenvalue weighted by molar-refractivity contribution is 0.410. The van der Waals surface area contributed by atoms with Crippen molar-refractivity contribution in [3.05, 3.63) is 65.3 Å². The maximum absolute atomic E-state index is 6.14. The molecule has 134 valence electrons. The summed E-state index contributed by atoms with van der Waals surface area (Å²) < 4.78 is 10.5. The molecule has 6 nitrogen and oxygen atoms in total. The molecule has 0 amide bonds. The number of anilines is 3. The molecule has 1 heterocycles. The SMILES string of the molecule is COc1ccc(Nc2nccc(NCc3ccccc3OC)n2)cc1Cl. The number of hydrogen-bond donors (Lipinski definition) is 2. The van der Waals surface area contributed by atoms with Crippen molar-refractivity contribution < 1.29 is 9.47 Å². The number of para-hydroxylation sites is 1. The minimum atomic E-state index is 0.469. The van der Waals surface area contributed by atoms with Gasteiger partial charge in [-0.1, -0.05) is 29.8 Å². The van der Waals surface area contributed by atoms with Gasteiger partial charge in [-0.2, -0.15) is 4.98 Å². The van der Waals surface area contributed by atoms with Crippen molar-refractivity contribution in [1.29, 1.82) is 0 Å². The normalized spacial score (nSPS) is 10.3. The molecule has 1 aromatic heterocycles. The summed E-state index contributed by atoms with van der Waals surface area (Å²) >= 11 is 6.14. The van der Waals surface area contributed by atoms with Crippen LogP contribution in [0.25, 0.3) is 0 Å². The molecule has 26 heavy (non-hydrogen) atoms. The van der Waals surface area contributed by atoms with Gasteiger partial charge in [0.05, 0.1) is 19.2 Å². The van der Waals surface area contributed by atoms with Crippen LogP contribution >= 0.6 is 11.6 Å². The lowest BCUT2D eigenvalue weighted by Gasteiger charge is -2.11. The molecule has 0 aliphatic rings. The Bertz CT molecular complexity index is 889. The monoisotopic (exact) mass is 370 g/mol. The van der Waals surface area contributed by atoms with Gasteiger partial charge in [-0.15, -0.1) is 0 Å². The van der Waals surface area contributed by atoms with E-state index >= 15 is 0 Å². The van der Waals surface area contributed by atoms with Gasteiger partial charge in [-0.05, 0) is 30.3 Å². The fourth-order valence-corrected chi connectivity index (χ4v) is 2.68. The summed E-state index contributed by atoms with van der Waals surface area (Å²) in [6.45, 7) is 0.592. The molecule has 0 aliphatic carbocycles. The molecule has 0 unspecified atom stereocenters. The number of ether oxygens (including phenoxy) is 2. The summed E-state index contributed by atoms with van der Waals surface area (Å²) in [7, 11) is 3.24. The van der Waals surface area contributed by atoms with Crippen molar-refractivity contribution in [3.63, 3.8) is 0 Å². The van der Waals surface area contributed by atoms with E-state index in [1.165, 1.54) is 0 Å². The second-order valence-electron chi connectivity index (χ2n) is 5.41. The van der Waals surface area contributed by atoms with E-state index in [1.54, 1.807) is 32.5 Å². The van der Waals surface area contributed by atoms with E-state index in [9.17, 15) is 0 Å². The van der Waals surface area contributed by atoms with Crippen LogP contribution in [0.2, 0.25) is 5.02 Å². The highest BCUT2D eigenvalue weighted by Gasteiger charge is 2.05. The summed E-state index contributed by atoms with van der Waals surface area (Å²) in [5.74, 6) is 2.62. The van der Waals surface area contributed by atoms with Crippen LogP contribution < -0.4 is 20.1 Å². The van der Waals surface area contributed by atoms with Crippen LogP contribution in [0.1, 0.15) is 5.56 Å². The largest absolute Gasteiger partial charge is 0.496 e. The summed E-state index contributed by atoms with van der Waals surface area (Å²) in [5, 5.41) is 6.92. The third-order valence-electron chi connectivity index (χ3n) is 3.72. The molecule has 2 N–H and O–H groups in total. The van der Waals surface area contributed by atoms with E-state index in [-0.39, 0.29) is 0 Å². The zero-order valence-electron chi connectivity index (χ0n) is 14.5. The van der Waals surface area contributed by atoms with Gasteiger partial charge in [0.2, 0.25) is 5.95 Å². The number of halogens is 1. The maximum atomic E-state index is 6.14. The highest BCUT2D eigenvalue weighted by atomic mass is 35.5. The molecule has 0 saturated carbocycles. The van der Waals surface area contributed by atoms with Gasteiger partial charge in [0.15, 0.2) is 0 Å². The first-order valence-electron chi connectivity index (χ1n) is 7.99. The number of benzene rings is 2. The number of methoxy groups -OCH3 is 2. The van der Waals surface area contributed by atoms with Gasteiger partial charge < -0.3 is 20.1 Å². The minimum absolute atomic E-state index is 0.469. The number of hydrogen-bond acceptors (Lipinski definition) is 6. The quantitative estimate of drug-likeness (QED) is 0.638. The second kappa shape index (κ2) is 8.40. The zero-order valence-corrected chi connectivity index (χ0v) is 15.2. The van der Waals surface area contributed by atoms with Crippen molar-refractivity contribution in [1.82, 2.24) is 9.97 Å². The smallest absolute Gasteiger partial charge is 0.229 e. The molecule has 2 aromatic carbocycles. The average Bonchev–Trinajstić information content (AvgIpc) is 2.67. The van der Waals surface area contributed by atoms with Crippen LogP contribution in [-0.2, 0) is 6.54 Å². The summed E-state index contributed by atoms with van der Waals surface area (Å²) in [6.07, 6.45) is 1.69. The van der Waals surface area contributed by atoms with Crippen LogP contribution in [0, 0.1) is 0 Å². The van der Waals surface area contributed by atoms with E-state index in [1.807, 2.05) is 36.4 Å². The fourth-order valence-electron chi connectivity index (χ4n) is 2.43. The molecular weight excluding hydrogens is 352 g/mol. The molecule has 0 bridgehead atoms. The molecule has 3 aromatic rings. The Hall–Kier alpha value is -2.99. The molecule has 0 saturated heterocycles. The fraction of sp³-hybridized carbons (Fsp3) is 0.158. The third-order valence-corrected chi connectivity index (χ3v) is 4.01. The molecule has 3 rings (SSSR count). The zero-order chi connectivity index (χ0) is 18.4. The van der Waals surface area contributed by atoms with Gasteiger partial charge >= 0.3 is 0 Å². The average molecular weight is 371 g/mol. The van der Waals surface area contributed by atoms with Gasteiger partial charge in [0.1, 0.15) is 17.3 Å². The van der Waals surface area contributed by atoms with Crippen LogP contribution in [0.15, 0.2) is 54.7 Å². The first-order chi connectivity index (χ1) is 12.7. The highest BCUT2D eigenvalue weighted by molar-refractivity contribution is 6.32. The molecule has 0 fully saturated rings. The number of nitrogens with one attached hydrogen (secondary N) is 2. The molecule has 0 aliphatic heterocycles. The number of aromatic nitrogens is 2. The number of nitrogens with zero attached hydrogens (tertiary/aromatic N) is 2. The Morgan fingerprint density at radius 2 is 1.81 bits per heavy atom. The third kappa shape index (κ3) is 4.34. The van der Waals surface area contributed by atoms with E-state index in [0.29, 0.717) is 29.1 Å². The van der Waals surface area contributed by atoms with Crippen molar-refractivity contribution in [2.24, 2.45) is 0 Å². The van der Waals surface area contributed by atoms with E-state index < -0.39 is 0 Å². The Morgan fingerprint density at radius 1 is 1.00 bits per heavy atom. The lowest BCUT2D eigenvalue weighted by atomic mass is 10.2. The van der Waals surface area contributed by atoms with Crippen LogP contribution in [0.3, 0.4) is 0 Å². The predicted molar refractivity (Wildman–Crippen MR) is 104 cm³/mol. The standard InChI is InChI=1S/C19H19ClN4O2/c1-25-16-6-4-3-5-13(16)12-22-18-9-10-21-19(24-18)23-14-7-8-17(26-2)15(20)11-14/h3-11H,12H2,1-2H3,(H2,21,22,23,24). The Labute approximate surface area is 157 Å². The Morgan fingerprint density at radius 3 is 2.58 bits per heavy atom. The van der Waals surface area contributed by atoms with Crippen molar-refractivity contribution in [2.75, 3.05) is 24.9 Å². The summed E-state index contributed by atoms with van der Waals surface area (Å²) in [5.41, 5.74) is 1.82. The molecular formula is C19H19ClN4O2. The van der Waals surface area contributed by atoms with Gasteiger partial charge in [0, 0.05) is 24.0 Å². The van der Waals surface area contributed by atoms with E-state index in [2.05, 4.69) is 20.6 Å². The molecule has 7 heteroatoms. The molecule has 0 atom stereocenters. The van der Waals surface area contributed by atoms with E-state index in [0.717, 1.165) is 17.0 Å². The predicted octanol–water partition coefficient (Wildman–Crippen LogP) is 4.50. The minimum Gasteiger partial charge on any atom is -0.496 e. The van der Waals surface area contributed by atoms with Crippen LogP contribution in [0.5, 0.6) is 11.5 Å². The number of rotatable bonds is 7.